The fourth-order valence-corrected chi connectivity index (χ4v) is 1.25. The highest BCUT2D eigenvalue weighted by atomic mass is 32.1. The molecule has 0 aromatic rings. The van der Waals surface area contributed by atoms with Gasteiger partial charge in [0.15, 0.2) is 0 Å². The first-order valence-electron chi connectivity index (χ1n) is 5.84. The Balaban J connectivity index is 2.87. The average Bonchev–Trinajstić information content (AvgIpc) is 2.20. The van der Waals surface area contributed by atoms with E-state index in [1.807, 2.05) is 6.92 Å². The lowest BCUT2D eigenvalue weighted by atomic mass is 10.3. The van der Waals surface area contributed by atoms with E-state index in [4.69, 9.17) is 9.47 Å². The van der Waals surface area contributed by atoms with Crippen molar-refractivity contribution in [2.45, 2.75) is 38.5 Å². The molecule has 1 atom stereocenters. The minimum Gasteiger partial charge on any atom is -0.379 e. The third-order valence-corrected chi connectivity index (χ3v) is 2.13. The van der Waals surface area contributed by atoms with Crippen molar-refractivity contribution < 1.29 is 9.47 Å². The number of unbranched alkanes of at least 4 members (excludes halogenated alkanes) is 2. The molecule has 0 saturated carbocycles. The molecule has 0 aliphatic rings. The van der Waals surface area contributed by atoms with Crippen molar-refractivity contribution in [1.29, 1.82) is 0 Å². The molecule has 1 N–H and O–H groups in total. The summed E-state index contributed by atoms with van der Waals surface area (Å²) in [6, 6.07) is 0. The zero-order chi connectivity index (χ0) is 11.4. The fourth-order valence-electron chi connectivity index (χ4n) is 1.12. The van der Waals surface area contributed by atoms with Crippen molar-refractivity contribution in [3.8, 4) is 0 Å². The summed E-state index contributed by atoms with van der Waals surface area (Å²) >= 11 is 4.20. The second kappa shape index (κ2) is 12.3. The van der Waals surface area contributed by atoms with Gasteiger partial charge < -0.3 is 14.8 Å². The molecule has 0 aromatic heterocycles. The van der Waals surface area contributed by atoms with E-state index < -0.39 is 0 Å². The van der Waals surface area contributed by atoms with E-state index in [-0.39, 0.29) is 5.37 Å². The van der Waals surface area contributed by atoms with Crippen molar-refractivity contribution in [3.05, 3.63) is 0 Å². The Morgan fingerprint density at radius 3 is 2.33 bits per heavy atom. The lowest BCUT2D eigenvalue weighted by Gasteiger charge is -2.08. The first-order chi connectivity index (χ1) is 7.27. The predicted molar refractivity (Wildman–Crippen MR) is 67.6 cm³/mol. The minimum absolute atomic E-state index is 0.235. The molecule has 0 rings (SSSR count). The van der Waals surface area contributed by atoms with Crippen LogP contribution >= 0.6 is 12.6 Å². The van der Waals surface area contributed by atoms with Gasteiger partial charge in [0.05, 0.1) is 19.8 Å². The Kier molecular flexibility index (Phi) is 12.5. The van der Waals surface area contributed by atoms with E-state index in [2.05, 4.69) is 24.9 Å². The Morgan fingerprint density at radius 2 is 1.73 bits per heavy atom. The highest BCUT2D eigenvalue weighted by molar-refractivity contribution is 7.80. The molecule has 0 saturated heterocycles. The van der Waals surface area contributed by atoms with Crippen LogP contribution in [-0.2, 0) is 9.47 Å². The van der Waals surface area contributed by atoms with E-state index in [1.165, 1.54) is 12.8 Å². The summed E-state index contributed by atoms with van der Waals surface area (Å²) in [5, 5.41) is 3.40. The van der Waals surface area contributed by atoms with E-state index in [9.17, 15) is 0 Å². The number of ether oxygens (including phenoxy) is 2. The Bertz CT molecular complexity index is 123. The van der Waals surface area contributed by atoms with Gasteiger partial charge >= 0.3 is 0 Å². The molecule has 0 heterocycles. The van der Waals surface area contributed by atoms with Gasteiger partial charge in [-0.2, -0.15) is 12.6 Å². The van der Waals surface area contributed by atoms with Crippen LogP contribution in [-0.4, -0.2) is 38.3 Å². The van der Waals surface area contributed by atoms with Gasteiger partial charge in [0.1, 0.15) is 0 Å². The normalized spacial score (nSPS) is 13.0. The molecule has 0 amide bonds. The number of hydrogen-bond donors (Lipinski definition) is 2. The highest BCUT2D eigenvalue weighted by Crippen LogP contribution is 1.93. The Morgan fingerprint density at radius 1 is 1.07 bits per heavy atom. The first kappa shape index (κ1) is 15.2. The van der Waals surface area contributed by atoms with Crippen molar-refractivity contribution >= 4 is 12.6 Å². The van der Waals surface area contributed by atoms with Gasteiger partial charge in [0.2, 0.25) is 0 Å². The van der Waals surface area contributed by atoms with Gasteiger partial charge in [0, 0.05) is 18.5 Å². The first-order valence-corrected chi connectivity index (χ1v) is 6.36. The van der Waals surface area contributed by atoms with Gasteiger partial charge in [0.25, 0.3) is 0 Å². The topological polar surface area (TPSA) is 30.5 Å². The number of hydrogen-bond acceptors (Lipinski definition) is 4. The van der Waals surface area contributed by atoms with Gasteiger partial charge in [-0.3, -0.25) is 0 Å². The lowest BCUT2D eigenvalue weighted by Crippen LogP contribution is -2.25. The second-order valence-electron chi connectivity index (χ2n) is 3.56. The Hall–Kier alpha value is 0.230. The van der Waals surface area contributed by atoms with Crippen LogP contribution in [0.2, 0.25) is 0 Å². The minimum atomic E-state index is 0.235. The van der Waals surface area contributed by atoms with Crippen molar-refractivity contribution in [2.75, 3.05) is 33.0 Å². The number of thiol groups is 1. The lowest BCUT2D eigenvalue weighted by molar-refractivity contribution is 0.0474. The maximum atomic E-state index is 5.40. The quantitative estimate of drug-likeness (QED) is 0.326. The van der Waals surface area contributed by atoms with Crippen molar-refractivity contribution in [1.82, 2.24) is 5.32 Å². The van der Waals surface area contributed by atoms with E-state index in [0.29, 0.717) is 13.2 Å². The SMILES string of the molecule is CCCCCOCCOCCNC(C)S. The summed E-state index contributed by atoms with van der Waals surface area (Å²) in [6.07, 6.45) is 3.66. The largest absolute Gasteiger partial charge is 0.379 e. The molecule has 0 aliphatic heterocycles. The summed E-state index contributed by atoms with van der Waals surface area (Å²) in [7, 11) is 0. The summed E-state index contributed by atoms with van der Waals surface area (Å²) in [4.78, 5) is 0. The predicted octanol–water partition coefficient (Wildman–Crippen LogP) is 2.08. The zero-order valence-corrected chi connectivity index (χ0v) is 10.9. The van der Waals surface area contributed by atoms with Crippen LogP contribution in [0.25, 0.3) is 0 Å². The molecule has 1 unspecified atom stereocenters. The number of nitrogens with one attached hydrogen (secondary N) is 1. The molecular weight excluding hydrogens is 210 g/mol. The van der Waals surface area contributed by atoms with Gasteiger partial charge in [-0.05, 0) is 13.3 Å². The molecule has 92 valence electrons. The van der Waals surface area contributed by atoms with Crippen LogP contribution in [0, 0.1) is 0 Å². The maximum absolute atomic E-state index is 5.40. The van der Waals surface area contributed by atoms with Crippen LogP contribution in [0.3, 0.4) is 0 Å². The van der Waals surface area contributed by atoms with Crippen LogP contribution in [0.4, 0.5) is 0 Å². The van der Waals surface area contributed by atoms with Crippen LogP contribution < -0.4 is 5.32 Å². The van der Waals surface area contributed by atoms with Crippen molar-refractivity contribution in [3.63, 3.8) is 0 Å². The maximum Gasteiger partial charge on any atom is 0.0701 e. The van der Waals surface area contributed by atoms with Crippen molar-refractivity contribution in [2.24, 2.45) is 0 Å². The zero-order valence-electron chi connectivity index (χ0n) is 10.00. The molecule has 3 nitrogen and oxygen atoms in total. The highest BCUT2D eigenvalue weighted by Gasteiger charge is 1.93. The summed E-state index contributed by atoms with van der Waals surface area (Å²) in [5.41, 5.74) is 0. The third kappa shape index (κ3) is 14.2. The summed E-state index contributed by atoms with van der Waals surface area (Å²) < 4.78 is 10.8. The fraction of sp³-hybridized carbons (Fsp3) is 1.00. The van der Waals surface area contributed by atoms with E-state index in [0.717, 1.165) is 26.2 Å². The smallest absolute Gasteiger partial charge is 0.0701 e. The van der Waals surface area contributed by atoms with Gasteiger partial charge in [-0.1, -0.05) is 19.8 Å². The molecule has 0 radical (unpaired) electrons. The van der Waals surface area contributed by atoms with E-state index >= 15 is 0 Å². The summed E-state index contributed by atoms with van der Waals surface area (Å²) in [6.45, 7) is 8.03. The van der Waals surface area contributed by atoms with Crippen LogP contribution in [0.5, 0.6) is 0 Å². The van der Waals surface area contributed by atoms with Gasteiger partial charge in [-0.15, -0.1) is 0 Å². The number of rotatable bonds is 11. The Labute approximate surface area is 99.3 Å². The van der Waals surface area contributed by atoms with Crippen LogP contribution in [0.1, 0.15) is 33.1 Å². The molecule has 0 spiro atoms. The molecule has 15 heavy (non-hydrogen) atoms. The average molecular weight is 235 g/mol. The van der Waals surface area contributed by atoms with E-state index in [1.54, 1.807) is 0 Å². The molecule has 0 bridgehead atoms. The molecule has 0 aromatic carbocycles. The molecule has 0 fully saturated rings. The molecular formula is C11H25NO2S. The monoisotopic (exact) mass is 235 g/mol. The summed E-state index contributed by atoms with van der Waals surface area (Å²) in [5.74, 6) is 0. The molecule has 4 heteroatoms. The third-order valence-electron chi connectivity index (χ3n) is 1.95. The standard InChI is InChI=1S/C11H25NO2S/c1-3-4-5-7-13-9-10-14-8-6-12-11(2)15/h11-12,15H,3-10H2,1-2H3. The molecule has 0 aliphatic carbocycles. The second-order valence-corrected chi connectivity index (χ2v) is 4.34. The van der Waals surface area contributed by atoms with Gasteiger partial charge in [-0.25, -0.2) is 0 Å². The van der Waals surface area contributed by atoms with Crippen LogP contribution in [0.15, 0.2) is 0 Å².